The van der Waals surface area contributed by atoms with Crippen molar-refractivity contribution in [2.45, 2.75) is 57.8 Å². The molecule has 20 heavy (non-hydrogen) atoms. The van der Waals surface area contributed by atoms with Crippen LogP contribution in [0.15, 0.2) is 0 Å². The molecule has 116 valence electrons. The molecule has 2 aliphatic rings. The third-order valence-corrected chi connectivity index (χ3v) is 5.00. The van der Waals surface area contributed by atoms with Crippen LogP contribution in [0.2, 0.25) is 0 Å². The molecule has 2 saturated heterocycles. The maximum atomic E-state index is 12.5. The summed E-state index contributed by atoms with van der Waals surface area (Å²) in [5, 5.41) is 0. The van der Waals surface area contributed by atoms with E-state index in [4.69, 9.17) is 4.74 Å². The Kier molecular flexibility index (Phi) is 4.30. The van der Waals surface area contributed by atoms with E-state index in [9.17, 15) is 4.79 Å². The maximum Gasteiger partial charge on any atom is 0.171 e. The first-order valence-corrected chi connectivity index (χ1v) is 7.77. The van der Waals surface area contributed by atoms with Crippen molar-refractivity contribution in [2.75, 3.05) is 33.7 Å². The van der Waals surface area contributed by atoms with Gasteiger partial charge in [0.25, 0.3) is 0 Å². The number of piperidine rings is 1. The summed E-state index contributed by atoms with van der Waals surface area (Å²) in [6, 6.07) is 0.686. The second kappa shape index (κ2) is 5.39. The molecular formula is C16H30N2O2. The second-order valence-electron chi connectivity index (χ2n) is 7.63. The fraction of sp³-hybridized carbons (Fsp3) is 0.938. The maximum absolute atomic E-state index is 12.5. The van der Waals surface area contributed by atoms with Gasteiger partial charge in [-0.25, -0.2) is 0 Å². The lowest BCUT2D eigenvalue weighted by atomic mass is 9.85. The van der Waals surface area contributed by atoms with Crippen LogP contribution in [0.1, 0.15) is 40.5 Å². The van der Waals surface area contributed by atoms with E-state index in [1.165, 1.54) is 12.8 Å². The van der Waals surface area contributed by atoms with Crippen LogP contribution in [0.3, 0.4) is 0 Å². The van der Waals surface area contributed by atoms with Gasteiger partial charge in [0, 0.05) is 12.6 Å². The van der Waals surface area contributed by atoms with E-state index in [-0.39, 0.29) is 17.3 Å². The molecular weight excluding hydrogens is 252 g/mol. The molecule has 4 heteroatoms. The van der Waals surface area contributed by atoms with E-state index in [0.29, 0.717) is 6.04 Å². The fourth-order valence-corrected chi connectivity index (χ4v) is 3.69. The Morgan fingerprint density at radius 2 is 1.75 bits per heavy atom. The van der Waals surface area contributed by atoms with E-state index in [0.717, 1.165) is 19.6 Å². The van der Waals surface area contributed by atoms with Gasteiger partial charge in [-0.1, -0.05) is 0 Å². The Labute approximate surface area is 123 Å². The van der Waals surface area contributed by atoms with Gasteiger partial charge in [0.1, 0.15) is 5.60 Å². The van der Waals surface area contributed by atoms with Gasteiger partial charge in [-0.05, 0) is 67.7 Å². The molecule has 2 fully saturated rings. The van der Waals surface area contributed by atoms with Gasteiger partial charge in [-0.3, -0.25) is 4.79 Å². The normalized spacial score (nSPS) is 31.1. The number of carbonyl (C=O) groups is 1. The Balaban J connectivity index is 1.96. The Morgan fingerprint density at radius 1 is 1.20 bits per heavy atom. The van der Waals surface area contributed by atoms with Crippen molar-refractivity contribution in [3.63, 3.8) is 0 Å². The second-order valence-corrected chi connectivity index (χ2v) is 7.63. The van der Waals surface area contributed by atoms with Gasteiger partial charge in [0.05, 0.1) is 11.5 Å². The van der Waals surface area contributed by atoms with Crippen molar-refractivity contribution in [1.82, 2.24) is 9.80 Å². The number of hydrogen-bond acceptors (Lipinski definition) is 4. The lowest BCUT2D eigenvalue weighted by molar-refractivity contribution is -0.132. The quantitative estimate of drug-likeness (QED) is 0.790. The molecule has 0 amide bonds. The van der Waals surface area contributed by atoms with Crippen molar-refractivity contribution in [1.29, 1.82) is 0 Å². The summed E-state index contributed by atoms with van der Waals surface area (Å²) >= 11 is 0. The SMILES string of the molecule is CN(C)C1CCN(CC2C(=O)C(C)(C)OC2(C)C)CC1. The van der Waals surface area contributed by atoms with Crippen LogP contribution in [0.5, 0.6) is 0 Å². The van der Waals surface area contributed by atoms with Crippen molar-refractivity contribution in [2.24, 2.45) is 5.92 Å². The first-order valence-electron chi connectivity index (χ1n) is 7.77. The zero-order valence-corrected chi connectivity index (χ0v) is 13.9. The summed E-state index contributed by atoms with van der Waals surface area (Å²) in [6.45, 7) is 10.9. The van der Waals surface area contributed by atoms with E-state index in [2.05, 4.69) is 37.7 Å². The predicted molar refractivity (Wildman–Crippen MR) is 80.9 cm³/mol. The number of carbonyl (C=O) groups excluding carboxylic acids is 1. The van der Waals surface area contributed by atoms with Crippen molar-refractivity contribution >= 4 is 5.78 Å². The Morgan fingerprint density at radius 3 is 2.15 bits per heavy atom. The molecule has 0 bridgehead atoms. The average Bonchev–Trinajstić information content (AvgIpc) is 2.48. The van der Waals surface area contributed by atoms with Crippen molar-refractivity contribution in [3.8, 4) is 0 Å². The van der Waals surface area contributed by atoms with Gasteiger partial charge in [-0.15, -0.1) is 0 Å². The van der Waals surface area contributed by atoms with Gasteiger partial charge in [-0.2, -0.15) is 0 Å². The van der Waals surface area contributed by atoms with Crippen LogP contribution >= 0.6 is 0 Å². The zero-order valence-electron chi connectivity index (χ0n) is 13.9. The molecule has 2 aliphatic heterocycles. The van der Waals surface area contributed by atoms with E-state index < -0.39 is 5.60 Å². The Hall–Kier alpha value is -0.450. The number of Topliss-reactive ketones (excluding diaryl/α,β-unsaturated/α-hetero) is 1. The lowest BCUT2D eigenvalue weighted by Gasteiger charge is -2.37. The Bertz CT molecular complexity index is 369. The highest BCUT2D eigenvalue weighted by molar-refractivity contribution is 5.91. The van der Waals surface area contributed by atoms with E-state index >= 15 is 0 Å². The first kappa shape index (κ1) is 15.9. The summed E-state index contributed by atoms with van der Waals surface area (Å²) < 4.78 is 5.98. The van der Waals surface area contributed by atoms with Crippen LogP contribution in [-0.2, 0) is 9.53 Å². The first-order chi connectivity index (χ1) is 9.13. The number of hydrogen-bond donors (Lipinski definition) is 0. The number of ketones is 1. The fourth-order valence-electron chi connectivity index (χ4n) is 3.69. The van der Waals surface area contributed by atoms with Crippen LogP contribution in [0.4, 0.5) is 0 Å². The summed E-state index contributed by atoms with van der Waals surface area (Å²) in [5.74, 6) is 0.255. The highest BCUT2D eigenvalue weighted by Gasteiger charge is 2.53. The minimum Gasteiger partial charge on any atom is -0.361 e. The van der Waals surface area contributed by atoms with Crippen LogP contribution < -0.4 is 0 Å². The molecule has 0 aromatic carbocycles. The van der Waals surface area contributed by atoms with Gasteiger partial charge in [0.2, 0.25) is 0 Å². The standard InChI is InChI=1S/C16H30N2O2/c1-15(2)13(14(19)16(3,4)20-15)11-18-9-7-12(8-10-18)17(5)6/h12-13H,7-11H2,1-6H3. The van der Waals surface area contributed by atoms with E-state index in [1.807, 2.05) is 13.8 Å². The highest BCUT2D eigenvalue weighted by atomic mass is 16.5. The van der Waals surface area contributed by atoms with E-state index in [1.54, 1.807) is 0 Å². The molecule has 2 heterocycles. The molecule has 1 unspecified atom stereocenters. The molecule has 0 radical (unpaired) electrons. The lowest BCUT2D eigenvalue weighted by Crippen LogP contribution is -2.47. The average molecular weight is 282 g/mol. The minimum atomic E-state index is -0.629. The smallest absolute Gasteiger partial charge is 0.171 e. The largest absolute Gasteiger partial charge is 0.361 e. The summed E-state index contributed by atoms with van der Waals surface area (Å²) in [7, 11) is 4.31. The third-order valence-electron chi connectivity index (χ3n) is 5.00. The molecule has 2 rings (SSSR count). The minimum absolute atomic E-state index is 0.00611. The highest BCUT2D eigenvalue weighted by Crippen LogP contribution is 2.39. The monoisotopic (exact) mass is 282 g/mol. The van der Waals surface area contributed by atoms with Gasteiger partial charge in [0.15, 0.2) is 5.78 Å². The zero-order chi connectivity index (χ0) is 15.1. The van der Waals surface area contributed by atoms with Crippen molar-refractivity contribution in [3.05, 3.63) is 0 Å². The number of nitrogens with zero attached hydrogens (tertiary/aromatic N) is 2. The number of rotatable bonds is 3. The molecule has 0 spiro atoms. The topological polar surface area (TPSA) is 32.8 Å². The molecule has 0 saturated carbocycles. The summed E-state index contributed by atoms with van der Waals surface area (Å²) in [6.07, 6.45) is 2.39. The molecule has 0 aromatic heterocycles. The molecule has 0 N–H and O–H groups in total. The summed E-state index contributed by atoms with van der Waals surface area (Å²) in [4.78, 5) is 17.3. The van der Waals surface area contributed by atoms with Crippen molar-refractivity contribution < 1.29 is 9.53 Å². The predicted octanol–water partition coefficient (Wildman–Crippen LogP) is 1.79. The number of ether oxygens (including phenoxy) is 1. The van der Waals surface area contributed by atoms with Gasteiger partial charge >= 0.3 is 0 Å². The van der Waals surface area contributed by atoms with Gasteiger partial charge < -0.3 is 14.5 Å². The molecule has 4 nitrogen and oxygen atoms in total. The summed E-state index contributed by atoms with van der Waals surface area (Å²) in [5.41, 5.74) is -0.977. The van der Waals surface area contributed by atoms with Crippen LogP contribution in [-0.4, -0.2) is 66.6 Å². The molecule has 0 aromatic rings. The number of likely N-dealkylation sites (tertiary alicyclic amines) is 1. The molecule has 1 atom stereocenters. The van der Waals surface area contributed by atoms with Crippen LogP contribution in [0, 0.1) is 5.92 Å². The van der Waals surface area contributed by atoms with Crippen LogP contribution in [0.25, 0.3) is 0 Å². The molecule has 0 aliphatic carbocycles. The third kappa shape index (κ3) is 3.07.